The lowest BCUT2D eigenvalue weighted by atomic mass is 9.74. The van der Waals surface area contributed by atoms with Crippen LogP contribution in [0.3, 0.4) is 0 Å². The summed E-state index contributed by atoms with van der Waals surface area (Å²) in [6.07, 6.45) is 0. The number of benzene rings is 3. The van der Waals surface area contributed by atoms with Gasteiger partial charge in [0.05, 0.1) is 16.7 Å². The molecule has 0 saturated carbocycles. The Bertz CT molecular complexity index is 1260. The van der Waals surface area contributed by atoms with Crippen molar-refractivity contribution >= 4 is 34.9 Å². The fourth-order valence-electron chi connectivity index (χ4n) is 4.54. The Kier molecular flexibility index (Phi) is 5.17. The molecule has 5 heteroatoms. The maximum Gasteiger partial charge on any atom is 0.335 e. The first-order valence-electron chi connectivity index (χ1n) is 10.5. The Balaban J connectivity index is 1.93. The zero-order valence-corrected chi connectivity index (χ0v) is 19.6. The summed E-state index contributed by atoms with van der Waals surface area (Å²) < 4.78 is 0. The van der Waals surface area contributed by atoms with E-state index in [1.165, 1.54) is 17.7 Å². The van der Waals surface area contributed by atoms with Gasteiger partial charge in [0.15, 0.2) is 0 Å². The molecular formula is C27H26ClNO3. The number of aryl methyl sites for hydroxylation is 1. The second-order valence-electron chi connectivity index (χ2n) is 9.56. The van der Waals surface area contributed by atoms with E-state index < -0.39 is 11.4 Å². The number of carboxylic acid groups (broad SMARTS) is 1. The van der Waals surface area contributed by atoms with Crippen LogP contribution in [0, 0.1) is 6.92 Å². The number of anilines is 2. The molecule has 0 spiro atoms. The third kappa shape index (κ3) is 3.39. The summed E-state index contributed by atoms with van der Waals surface area (Å²) in [6.45, 7) is 10.4. The number of carbonyl (C=O) groups is 2. The van der Waals surface area contributed by atoms with Gasteiger partial charge in [0.25, 0.3) is 0 Å². The number of fused-ring (bicyclic) bond motifs is 1. The Hall–Kier alpha value is -3.11. The van der Waals surface area contributed by atoms with E-state index in [1.54, 1.807) is 23.1 Å². The van der Waals surface area contributed by atoms with Crippen LogP contribution in [0.1, 0.15) is 60.3 Å². The minimum absolute atomic E-state index is 0.00555. The zero-order valence-electron chi connectivity index (χ0n) is 18.9. The lowest BCUT2D eigenvalue weighted by Crippen LogP contribution is -2.37. The van der Waals surface area contributed by atoms with Crippen LogP contribution in [0.5, 0.6) is 0 Å². The first-order chi connectivity index (χ1) is 14.9. The average Bonchev–Trinajstić information content (AvgIpc) is 2.95. The smallest absolute Gasteiger partial charge is 0.335 e. The van der Waals surface area contributed by atoms with Gasteiger partial charge in [0.1, 0.15) is 0 Å². The maximum absolute atomic E-state index is 14.0. The van der Waals surface area contributed by atoms with E-state index >= 15 is 0 Å². The summed E-state index contributed by atoms with van der Waals surface area (Å²) in [7, 11) is 0. The highest BCUT2D eigenvalue weighted by molar-refractivity contribution is 6.31. The first kappa shape index (κ1) is 22.1. The molecule has 32 heavy (non-hydrogen) atoms. The quantitative estimate of drug-likeness (QED) is 0.490. The molecule has 1 aliphatic rings. The second-order valence-corrected chi connectivity index (χ2v) is 10.00. The average molecular weight is 448 g/mol. The van der Waals surface area contributed by atoms with Gasteiger partial charge in [-0.05, 0) is 77.9 Å². The van der Waals surface area contributed by atoms with E-state index in [9.17, 15) is 14.7 Å². The largest absolute Gasteiger partial charge is 0.478 e. The van der Waals surface area contributed by atoms with Crippen LogP contribution in [0.4, 0.5) is 11.4 Å². The van der Waals surface area contributed by atoms with Gasteiger partial charge in [0, 0.05) is 10.7 Å². The number of carbonyl (C=O) groups excluding carboxylic acids is 1. The topological polar surface area (TPSA) is 57.6 Å². The summed E-state index contributed by atoms with van der Waals surface area (Å²) in [4.78, 5) is 27.2. The fraction of sp³-hybridized carbons (Fsp3) is 0.259. The van der Waals surface area contributed by atoms with Crippen molar-refractivity contribution in [3.63, 3.8) is 0 Å². The van der Waals surface area contributed by atoms with Crippen molar-refractivity contribution in [3.8, 4) is 0 Å². The minimum atomic E-state index is -1.04. The molecular weight excluding hydrogens is 422 g/mol. The van der Waals surface area contributed by atoms with Crippen LogP contribution < -0.4 is 4.90 Å². The number of carboxylic acids is 1. The summed E-state index contributed by atoms with van der Waals surface area (Å²) in [5.41, 5.74) is 4.35. The number of hydrogen-bond acceptors (Lipinski definition) is 2. The van der Waals surface area contributed by atoms with Crippen LogP contribution in [0.15, 0.2) is 60.7 Å². The Morgan fingerprint density at radius 3 is 2.34 bits per heavy atom. The minimum Gasteiger partial charge on any atom is -0.478 e. The molecule has 1 amide bonds. The molecule has 0 fully saturated rings. The van der Waals surface area contributed by atoms with Crippen molar-refractivity contribution in [1.29, 1.82) is 0 Å². The SMILES string of the molecule is Cc1cc(C(C)(C)C)ccc1C1(C)C(=O)N(c2cccc(C(=O)O)c2)c2ccc(Cl)cc21. The molecule has 1 atom stereocenters. The number of aromatic carboxylic acids is 1. The third-order valence-electron chi connectivity index (χ3n) is 6.35. The summed E-state index contributed by atoms with van der Waals surface area (Å²) in [6, 6.07) is 18.1. The number of amides is 1. The third-order valence-corrected chi connectivity index (χ3v) is 6.59. The molecule has 164 valence electrons. The first-order valence-corrected chi connectivity index (χ1v) is 10.9. The monoisotopic (exact) mass is 447 g/mol. The van der Waals surface area contributed by atoms with E-state index in [-0.39, 0.29) is 16.9 Å². The highest BCUT2D eigenvalue weighted by Crippen LogP contribution is 2.50. The van der Waals surface area contributed by atoms with E-state index in [0.29, 0.717) is 16.4 Å². The van der Waals surface area contributed by atoms with Gasteiger partial charge in [-0.1, -0.05) is 56.6 Å². The zero-order chi connectivity index (χ0) is 23.4. The van der Waals surface area contributed by atoms with E-state index in [4.69, 9.17) is 11.6 Å². The number of nitrogens with zero attached hydrogens (tertiary/aromatic N) is 1. The fourth-order valence-corrected chi connectivity index (χ4v) is 4.71. The van der Waals surface area contributed by atoms with Gasteiger partial charge in [-0.15, -0.1) is 0 Å². The van der Waals surface area contributed by atoms with Crippen LogP contribution in [-0.4, -0.2) is 17.0 Å². The summed E-state index contributed by atoms with van der Waals surface area (Å²) in [5.74, 6) is -1.17. The molecule has 1 N–H and O–H groups in total. The van der Waals surface area contributed by atoms with Crippen molar-refractivity contribution in [2.45, 2.75) is 45.4 Å². The Morgan fingerprint density at radius 1 is 1.00 bits per heavy atom. The molecule has 0 aliphatic carbocycles. The van der Waals surface area contributed by atoms with Crippen molar-refractivity contribution in [2.75, 3.05) is 4.90 Å². The predicted octanol–water partition coefficient (Wildman–Crippen LogP) is 6.63. The van der Waals surface area contributed by atoms with Gasteiger partial charge in [-0.25, -0.2) is 4.79 Å². The number of rotatable bonds is 3. The van der Waals surface area contributed by atoms with Crippen molar-refractivity contribution in [2.24, 2.45) is 0 Å². The van der Waals surface area contributed by atoms with Crippen LogP contribution >= 0.6 is 11.6 Å². The van der Waals surface area contributed by atoms with Gasteiger partial charge in [0.2, 0.25) is 5.91 Å². The molecule has 1 heterocycles. The number of hydrogen-bond donors (Lipinski definition) is 1. The van der Waals surface area contributed by atoms with Crippen LogP contribution in [0.25, 0.3) is 0 Å². The molecule has 0 aromatic heterocycles. The van der Waals surface area contributed by atoms with Crippen molar-refractivity contribution < 1.29 is 14.7 Å². The normalized spacial score (nSPS) is 18.1. The van der Waals surface area contributed by atoms with E-state index in [0.717, 1.165) is 16.7 Å². The predicted molar refractivity (Wildman–Crippen MR) is 128 cm³/mol. The molecule has 1 unspecified atom stereocenters. The van der Waals surface area contributed by atoms with Gasteiger partial charge in [-0.2, -0.15) is 0 Å². The standard InChI is InChI=1S/C27H26ClNO3/c1-16-13-18(26(2,3)4)9-11-21(16)27(5)22-15-19(28)10-12-23(22)29(25(27)32)20-8-6-7-17(14-20)24(30)31/h6-15H,1-5H3,(H,30,31). The lowest BCUT2D eigenvalue weighted by molar-refractivity contribution is -0.120. The lowest BCUT2D eigenvalue weighted by Gasteiger charge is -2.29. The molecule has 1 aliphatic heterocycles. The summed E-state index contributed by atoms with van der Waals surface area (Å²) >= 11 is 6.36. The Morgan fingerprint density at radius 2 is 1.72 bits per heavy atom. The highest BCUT2D eigenvalue weighted by Gasteiger charge is 2.50. The highest BCUT2D eigenvalue weighted by atomic mass is 35.5. The maximum atomic E-state index is 14.0. The molecule has 4 rings (SSSR count). The molecule has 4 nitrogen and oxygen atoms in total. The number of halogens is 1. The van der Waals surface area contributed by atoms with Gasteiger partial charge in [-0.3, -0.25) is 9.69 Å². The molecule has 3 aromatic carbocycles. The second kappa shape index (κ2) is 7.49. The molecule has 3 aromatic rings. The van der Waals surface area contributed by atoms with Crippen molar-refractivity contribution in [1.82, 2.24) is 0 Å². The molecule has 0 bridgehead atoms. The van der Waals surface area contributed by atoms with Crippen LogP contribution in [-0.2, 0) is 15.6 Å². The van der Waals surface area contributed by atoms with Gasteiger partial charge >= 0.3 is 5.97 Å². The summed E-state index contributed by atoms with van der Waals surface area (Å²) in [5, 5.41) is 9.99. The van der Waals surface area contributed by atoms with E-state index in [1.807, 2.05) is 32.0 Å². The van der Waals surface area contributed by atoms with Crippen molar-refractivity contribution in [3.05, 3.63) is 93.5 Å². The van der Waals surface area contributed by atoms with Gasteiger partial charge < -0.3 is 5.11 Å². The van der Waals surface area contributed by atoms with Crippen LogP contribution in [0.2, 0.25) is 5.02 Å². The Labute approximate surface area is 193 Å². The molecule has 0 saturated heterocycles. The van der Waals surface area contributed by atoms with E-state index in [2.05, 4.69) is 32.9 Å². The molecule has 0 radical (unpaired) electrons.